The molecule has 0 aliphatic rings. The highest BCUT2D eigenvalue weighted by atomic mass is 19.1. The number of aliphatic hydroxyl groups excluding tert-OH is 2. The van der Waals surface area contributed by atoms with Crippen molar-refractivity contribution < 1.29 is 19.3 Å². The van der Waals surface area contributed by atoms with E-state index in [4.69, 9.17) is 20.8 Å². The molecule has 5 nitrogen and oxygen atoms in total. The first-order valence-corrected chi connectivity index (χ1v) is 4.40. The van der Waals surface area contributed by atoms with Crippen molar-refractivity contribution in [2.45, 2.75) is 12.2 Å². The van der Waals surface area contributed by atoms with Crippen molar-refractivity contribution in [1.29, 1.82) is 5.26 Å². The third-order valence-corrected chi connectivity index (χ3v) is 2.10. The summed E-state index contributed by atoms with van der Waals surface area (Å²) in [7, 11) is 1.33. The lowest BCUT2D eigenvalue weighted by molar-refractivity contribution is 0.0502. The summed E-state index contributed by atoms with van der Waals surface area (Å²) in [6, 6.07) is 3.52. The van der Waals surface area contributed by atoms with E-state index in [1.54, 1.807) is 0 Å². The molecule has 0 heterocycles. The maximum absolute atomic E-state index is 13.4. The predicted molar refractivity (Wildman–Crippen MR) is 53.9 cm³/mol. The van der Waals surface area contributed by atoms with Crippen LogP contribution in [0.15, 0.2) is 12.1 Å². The maximum atomic E-state index is 13.4. The van der Waals surface area contributed by atoms with E-state index in [1.807, 2.05) is 0 Å². The standard InChI is InChI=1S/C10H11FN2O3/c1-16-9-2-5(6(11)3-7(9)13)10(15)8(14)4-12/h2-3,8,10,14-15H,13H2,1H3. The molecule has 0 aliphatic heterocycles. The Hall–Kier alpha value is -1.84. The molecule has 0 aliphatic carbocycles. The number of anilines is 1. The molecule has 0 fully saturated rings. The van der Waals surface area contributed by atoms with Gasteiger partial charge >= 0.3 is 0 Å². The molecule has 6 heteroatoms. The number of ether oxygens (including phenoxy) is 1. The molecule has 0 radical (unpaired) electrons. The lowest BCUT2D eigenvalue weighted by Crippen LogP contribution is -2.17. The Morgan fingerprint density at radius 1 is 1.50 bits per heavy atom. The normalized spacial score (nSPS) is 13.9. The number of nitrogens with zero attached hydrogens (tertiary/aromatic N) is 1. The first kappa shape index (κ1) is 12.2. The zero-order valence-electron chi connectivity index (χ0n) is 8.51. The molecule has 0 aromatic heterocycles. The summed E-state index contributed by atoms with van der Waals surface area (Å²) in [6.07, 6.45) is -3.35. The number of nitriles is 1. The highest BCUT2D eigenvalue weighted by molar-refractivity contribution is 5.55. The van der Waals surface area contributed by atoms with Crippen molar-refractivity contribution in [2.24, 2.45) is 0 Å². The third kappa shape index (κ3) is 2.21. The van der Waals surface area contributed by atoms with Crippen molar-refractivity contribution in [3.8, 4) is 11.8 Å². The Morgan fingerprint density at radius 2 is 2.12 bits per heavy atom. The molecule has 0 bridgehead atoms. The van der Waals surface area contributed by atoms with Crippen LogP contribution in [0.25, 0.3) is 0 Å². The van der Waals surface area contributed by atoms with E-state index in [2.05, 4.69) is 0 Å². The van der Waals surface area contributed by atoms with Crippen molar-refractivity contribution in [3.05, 3.63) is 23.5 Å². The van der Waals surface area contributed by atoms with Crippen LogP contribution in [-0.4, -0.2) is 23.4 Å². The van der Waals surface area contributed by atoms with Gasteiger partial charge in [0.05, 0.1) is 18.9 Å². The summed E-state index contributed by atoms with van der Waals surface area (Å²) in [4.78, 5) is 0. The number of halogens is 1. The molecule has 4 N–H and O–H groups in total. The minimum absolute atomic E-state index is 0.0717. The van der Waals surface area contributed by atoms with E-state index in [0.29, 0.717) is 0 Å². The van der Waals surface area contributed by atoms with Gasteiger partial charge in [0.25, 0.3) is 0 Å². The number of nitrogen functional groups attached to an aromatic ring is 1. The predicted octanol–water partition coefficient (Wildman–Crippen LogP) is 0.334. The van der Waals surface area contributed by atoms with Gasteiger partial charge in [-0.2, -0.15) is 5.26 Å². The molecular formula is C10H11FN2O3. The van der Waals surface area contributed by atoms with Gasteiger partial charge in [-0.05, 0) is 6.07 Å². The van der Waals surface area contributed by atoms with Crippen LogP contribution in [0.5, 0.6) is 5.75 Å². The Bertz CT molecular complexity index is 431. The van der Waals surface area contributed by atoms with Gasteiger partial charge in [0.1, 0.15) is 17.7 Å². The summed E-state index contributed by atoms with van der Waals surface area (Å²) in [5, 5.41) is 27.0. The Morgan fingerprint density at radius 3 is 2.62 bits per heavy atom. The van der Waals surface area contributed by atoms with Gasteiger partial charge in [-0.1, -0.05) is 0 Å². The number of aliphatic hydroxyl groups is 2. The van der Waals surface area contributed by atoms with Crippen LogP contribution in [-0.2, 0) is 0 Å². The van der Waals surface area contributed by atoms with Gasteiger partial charge in [-0.3, -0.25) is 0 Å². The van der Waals surface area contributed by atoms with Gasteiger partial charge in [0.15, 0.2) is 6.10 Å². The van der Waals surface area contributed by atoms with Gasteiger partial charge in [0, 0.05) is 11.6 Å². The molecule has 1 aromatic rings. The summed E-state index contributed by atoms with van der Waals surface area (Å²) in [5.74, 6) is -0.638. The van der Waals surface area contributed by atoms with Gasteiger partial charge in [-0.25, -0.2) is 4.39 Å². The van der Waals surface area contributed by atoms with Crippen LogP contribution >= 0.6 is 0 Å². The van der Waals surface area contributed by atoms with E-state index >= 15 is 0 Å². The number of hydrogen-bond acceptors (Lipinski definition) is 5. The van der Waals surface area contributed by atoms with Crippen LogP contribution < -0.4 is 10.5 Å². The molecule has 86 valence electrons. The van der Waals surface area contributed by atoms with Crippen LogP contribution in [0, 0.1) is 17.1 Å². The summed E-state index contributed by atoms with van der Waals surface area (Å²) < 4.78 is 18.2. The average molecular weight is 226 g/mol. The van der Waals surface area contributed by atoms with Crippen molar-refractivity contribution >= 4 is 5.69 Å². The van der Waals surface area contributed by atoms with E-state index in [-0.39, 0.29) is 17.0 Å². The van der Waals surface area contributed by atoms with Crippen molar-refractivity contribution in [1.82, 2.24) is 0 Å². The van der Waals surface area contributed by atoms with E-state index in [1.165, 1.54) is 13.2 Å². The largest absolute Gasteiger partial charge is 0.495 e. The fourth-order valence-corrected chi connectivity index (χ4v) is 1.23. The first-order chi connectivity index (χ1) is 7.51. The quantitative estimate of drug-likeness (QED) is 0.509. The lowest BCUT2D eigenvalue weighted by atomic mass is 10.0. The molecule has 0 saturated heterocycles. The van der Waals surface area contributed by atoms with Gasteiger partial charge < -0.3 is 20.7 Å². The zero-order chi connectivity index (χ0) is 12.3. The summed E-state index contributed by atoms with van der Waals surface area (Å²) in [6.45, 7) is 0. The van der Waals surface area contributed by atoms with Crippen LogP contribution in [0.1, 0.15) is 11.7 Å². The summed E-state index contributed by atoms with van der Waals surface area (Å²) >= 11 is 0. The number of methoxy groups -OCH3 is 1. The minimum Gasteiger partial charge on any atom is -0.495 e. The Kier molecular flexibility index (Phi) is 3.66. The molecule has 0 spiro atoms. The highest BCUT2D eigenvalue weighted by Gasteiger charge is 2.22. The van der Waals surface area contributed by atoms with E-state index in [9.17, 15) is 9.50 Å². The SMILES string of the molecule is COc1cc(C(O)C(O)C#N)c(F)cc1N. The molecule has 0 amide bonds. The van der Waals surface area contributed by atoms with E-state index < -0.39 is 18.0 Å². The van der Waals surface area contributed by atoms with E-state index in [0.717, 1.165) is 12.1 Å². The molecule has 1 aromatic carbocycles. The van der Waals surface area contributed by atoms with Gasteiger partial charge in [0.2, 0.25) is 0 Å². The van der Waals surface area contributed by atoms with Crippen LogP contribution in [0.3, 0.4) is 0 Å². The first-order valence-electron chi connectivity index (χ1n) is 4.40. The smallest absolute Gasteiger partial charge is 0.170 e. The van der Waals surface area contributed by atoms with Crippen LogP contribution in [0.2, 0.25) is 0 Å². The second-order valence-corrected chi connectivity index (χ2v) is 3.13. The number of hydrogen-bond donors (Lipinski definition) is 3. The lowest BCUT2D eigenvalue weighted by Gasteiger charge is -2.15. The number of rotatable bonds is 3. The van der Waals surface area contributed by atoms with Crippen molar-refractivity contribution in [2.75, 3.05) is 12.8 Å². The zero-order valence-corrected chi connectivity index (χ0v) is 8.51. The molecular weight excluding hydrogens is 215 g/mol. The molecule has 16 heavy (non-hydrogen) atoms. The molecule has 1 rings (SSSR count). The fraction of sp³-hybridized carbons (Fsp3) is 0.300. The molecule has 0 saturated carbocycles. The average Bonchev–Trinajstić information content (AvgIpc) is 2.27. The number of nitrogens with two attached hydrogens (primary N) is 1. The third-order valence-electron chi connectivity index (χ3n) is 2.10. The topological polar surface area (TPSA) is 99.5 Å². The van der Waals surface area contributed by atoms with Crippen molar-refractivity contribution in [3.63, 3.8) is 0 Å². The maximum Gasteiger partial charge on any atom is 0.170 e. The highest BCUT2D eigenvalue weighted by Crippen LogP contribution is 2.29. The summed E-state index contributed by atoms with van der Waals surface area (Å²) in [5.41, 5.74) is 5.27. The Labute approximate surface area is 91.5 Å². The molecule has 2 unspecified atom stereocenters. The Balaban J connectivity index is 3.19. The fourth-order valence-electron chi connectivity index (χ4n) is 1.23. The number of benzene rings is 1. The van der Waals surface area contributed by atoms with Gasteiger partial charge in [-0.15, -0.1) is 0 Å². The second kappa shape index (κ2) is 4.79. The molecule has 2 atom stereocenters. The monoisotopic (exact) mass is 226 g/mol. The second-order valence-electron chi connectivity index (χ2n) is 3.13. The minimum atomic E-state index is -1.71. The van der Waals surface area contributed by atoms with Crippen LogP contribution in [0.4, 0.5) is 10.1 Å².